The summed E-state index contributed by atoms with van der Waals surface area (Å²) in [5.41, 5.74) is 0. The monoisotopic (exact) mass is 1410 g/mol. The topological polar surface area (TPSA) is 237 Å². The molecule has 0 radical (unpaired) electrons. The normalized spacial score (nSPS) is 14.3. The van der Waals surface area contributed by atoms with Crippen molar-refractivity contribution in [2.75, 3.05) is 39.6 Å². The van der Waals surface area contributed by atoms with Crippen LogP contribution < -0.4 is 0 Å². The summed E-state index contributed by atoms with van der Waals surface area (Å²) in [4.78, 5) is 72.9. The smallest absolute Gasteiger partial charge is 0.462 e. The summed E-state index contributed by atoms with van der Waals surface area (Å²) in [5.74, 6) is 0.188. The first-order valence-electron chi connectivity index (χ1n) is 39.9. The fraction of sp³-hybridized carbons (Fsp3) is 0.948. The number of rotatable bonds is 75. The lowest BCUT2D eigenvalue weighted by atomic mass is 9.99. The van der Waals surface area contributed by atoms with Crippen molar-refractivity contribution < 1.29 is 80.2 Å². The molecule has 17 nitrogen and oxygen atoms in total. The molecule has 3 N–H and O–H groups in total. The average Bonchev–Trinajstić information content (AvgIpc) is 1.44. The van der Waals surface area contributed by atoms with Gasteiger partial charge in [-0.3, -0.25) is 37.3 Å². The Morgan fingerprint density at radius 3 is 0.792 bits per heavy atom. The molecule has 0 aromatic carbocycles. The maximum atomic E-state index is 13.1. The molecule has 0 aliphatic carbocycles. The van der Waals surface area contributed by atoms with Crippen LogP contribution in [0.15, 0.2) is 0 Å². The number of hydrogen-bond acceptors (Lipinski definition) is 15. The van der Waals surface area contributed by atoms with Crippen molar-refractivity contribution in [3.8, 4) is 0 Å². The van der Waals surface area contributed by atoms with Gasteiger partial charge < -0.3 is 33.8 Å². The van der Waals surface area contributed by atoms with Crippen LogP contribution in [0.5, 0.6) is 0 Å². The zero-order valence-corrected chi connectivity index (χ0v) is 64.6. The third-order valence-corrected chi connectivity index (χ3v) is 20.1. The summed E-state index contributed by atoms with van der Waals surface area (Å²) >= 11 is 0. The Morgan fingerprint density at radius 2 is 0.531 bits per heavy atom. The molecule has 0 aliphatic rings. The van der Waals surface area contributed by atoms with Gasteiger partial charge in [-0.15, -0.1) is 0 Å². The third kappa shape index (κ3) is 69.2. The van der Waals surface area contributed by atoms with Crippen LogP contribution in [0.25, 0.3) is 0 Å². The molecule has 0 spiro atoms. The van der Waals surface area contributed by atoms with E-state index in [9.17, 15) is 43.2 Å². The third-order valence-electron chi connectivity index (χ3n) is 18.2. The van der Waals surface area contributed by atoms with Gasteiger partial charge in [0.05, 0.1) is 26.4 Å². The summed E-state index contributed by atoms with van der Waals surface area (Å²) in [6, 6.07) is 0. The van der Waals surface area contributed by atoms with Crippen molar-refractivity contribution in [1.29, 1.82) is 0 Å². The molecule has 19 heteroatoms. The number of hydrogen-bond donors (Lipinski definition) is 3. The molecule has 0 saturated heterocycles. The van der Waals surface area contributed by atoms with Crippen LogP contribution in [0.2, 0.25) is 0 Å². The van der Waals surface area contributed by atoms with E-state index >= 15 is 0 Å². The molecule has 0 fully saturated rings. The Labute approximate surface area is 588 Å². The fourth-order valence-electron chi connectivity index (χ4n) is 11.7. The van der Waals surface area contributed by atoms with Gasteiger partial charge in [-0.2, -0.15) is 0 Å². The molecule has 570 valence electrons. The Hall–Kier alpha value is -1.94. The molecule has 3 unspecified atom stereocenters. The van der Waals surface area contributed by atoms with E-state index in [0.29, 0.717) is 25.7 Å². The van der Waals surface area contributed by atoms with Crippen LogP contribution in [0.1, 0.15) is 395 Å². The summed E-state index contributed by atoms with van der Waals surface area (Å²) in [5, 5.41) is 10.6. The number of esters is 4. The number of carbonyl (C=O) groups excluding carboxylic acids is 4. The van der Waals surface area contributed by atoms with Crippen LogP contribution >= 0.6 is 15.6 Å². The second-order valence-corrected chi connectivity index (χ2v) is 31.8. The minimum absolute atomic E-state index is 0.104. The minimum atomic E-state index is -4.96. The van der Waals surface area contributed by atoms with Crippen molar-refractivity contribution in [3.63, 3.8) is 0 Å². The van der Waals surface area contributed by atoms with Crippen LogP contribution in [-0.2, 0) is 65.4 Å². The second kappa shape index (κ2) is 67.5. The van der Waals surface area contributed by atoms with Gasteiger partial charge in [0.1, 0.15) is 19.3 Å². The van der Waals surface area contributed by atoms with E-state index in [2.05, 4.69) is 48.5 Å². The van der Waals surface area contributed by atoms with Crippen molar-refractivity contribution >= 4 is 39.5 Å². The van der Waals surface area contributed by atoms with Crippen LogP contribution in [0.4, 0.5) is 0 Å². The Balaban J connectivity index is 5.24. The van der Waals surface area contributed by atoms with Crippen LogP contribution in [0, 0.1) is 17.8 Å². The number of carbonyl (C=O) groups is 4. The minimum Gasteiger partial charge on any atom is -0.462 e. The molecular weight excluding hydrogens is 1260 g/mol. The Bertz CT molecular complexity index is 1870. The number of unbranched alkanes of at least 4 members (excludes halogenated alkanes) is 42. The maximum Gasteiger partial charge on any atom is 0.472 e. The lowest BCUT2D eigenvalue weighted by molar-refractivity contribution is -0.161. The van der Waals surface area contributed by atoms with Crippen molar-refractivity contribution in [2.24, 2.45) is 17.8 Å². The van der Waals surface area contributed by atoms with E-state index in [-0.39, 0.29) is 25.7 Å². The molecule has 0 saturated carbocycles. The van der Waals surface area contributed by atoms with Crippen LogP contribution in [-0.4, -0.2) is 96.7 Å². The van der Waals surface area contributed by atoms with E-state index in [1.54, 1.807) is 0 Å². The van der Waals surface area contributed by atoms with Gasteiger partial charge in [-0.05, 0) is 43.4 Å². The van der Waals surface area contributed by atoms with Crippen molar-refractivity contribution in [2.45, 2.75) is 414 Å². The van der Waals surface area contributed by atoms with Crippen LogP contribution in [0.3, 0.4) is 0 Å². The highest BCUT2D eigenvalue weighted by Gasteiger charge is 2.30. The van der Waals surface area contributed by atoms with E-state index in [4.69, 9.17) is 37.0 Å². The van der Waals surface area contributed by atoms with E-state index in [1.165, 1.54) is 205 Å². The van der Waals surface area contributed by atoms with Gasteiger partial charge >= 0.3 is 39.5 Å². The van der Waals surface area contributed by atoms with Crippen molar-refractivity contribution in [1.82, 2.24) is 0 Å². The Morgan fingerprint density at radius 1 is 0.302 bits per heavy atom. The lowest BCUT2D eigenvalue weighted by Gasteiger charge is -2.21. The highest BCUT2D eigenvalue weighted by Crippen LogP contribution is 2.45. The average molecular weight is 1410 g/mol. The number of phosphoric acid groups is 2. The first kappa shape index (κ1) is 94.1. The van der Waals surface area contributed by atoms with E-state index < -0.39 is 97.5 Å². The predicted molar refractivity (Wildman–Crippen MR) is 391 cm³/mol. The van der Waals surface area contributed by atoms with Crippen molar-refractivity contribution in [3.05, 3.63) is 0 Å². The molecule has 0 aromatic heterocycles. The molecular formula is C77H150O17P2. The molecule has 0 rings (SSSR count). The number of ether oxygens (including phenoxy) is 4. The van der Waals surface area contributed by atoms with E-state index in [1.807, 2.05) is 0 Å². The largest absolute Gasteiger partial charge is 0.472 e. The Kier molecular flexibility index (Phi) is 66.2. The zero-order valence-electron chi connectivity index (χ0n) is 62.8. The van der Waals surface area contributed by atoms with Gasteiger partial charge in [0.25, 0.3) is 0 Å². The fourth-order valence-corrected chi connectivity index (χ4v) is 13.3. The predicted octanol–water partition coefficient (Wildman–Crippen LogP) is 22.6. The van der Waals surface area contributed by atoms with Gasteiger partial charge in [-0.1, -0.05) is 344 Å². The standard InChI is InChI=1S/C77H150O17P2/c1-8-10-11-12-13-14-15-16-22-25-28-37-44-51-58-74(79)87-64-72(93-76(81)60-53-46-39-29-26-23-20-18-17-19-21-24-27-34-41-48-55-68(3)4)66-91-95(83,84)89-62-71(78)63-90-96(85,86)92-67-73(65-88-75(80)59-52-45-38-32-30-35-42-49-56-69(5)6)94-77(82)61-54-47-40-33-31-36-43-50-57-70(7)9-2/h68-73,78H,8-67H2,1-7H3,(H,83,84)(H,85,86)/t70?,71-,72-,73-/m1/s1. The first-order chi connectivity index (χ1) is 46.3. The van der Waals surface area contributed by atoms with Gasteiger partial charge in [-0.25, -0.2) is 9.13 Å². The summed E-state index contributed by atoms with van der Waals surface area (Å²) in [6.07, 6.45) is 54.1. The SMILES string of the molecule is CCCCCCCCCCCCCCCCC(=O)OC[C@H](COP(=O)(O)OC[C@@H](O)COP(=O)(O)OC[C@@H](COC(=O)CCCCCCCCCCC(C)C)OC(=O)CCCCCCCCCCC(C)CC)OC(=O)CCCCCCCCCCCCCCCCCCC(C)C. The molecule has 0 bridgehead atoms. The molecule has 0 amide bonds. The van der Waals surface area contributed by atoms with Gasteiger partial charge in [0, 0.05) is 25.7 Å². The molecule has 96 heavy (non-hydrogen) atoms. The molecule has 0 aliphatic heterocycles. The highest BCUT2D eigenvalue weighted by molar-refractivity contribution is 7.47. The van der Waals surface area contributed by atoms with Gasteiger partial charge in [0.2, 0.25) is 0 Å². The summed E-state index contributed by atoms with van der Waals surface area (Å²) in [6.45, 7) is 11.9. The lowest BCUT2D eigenvalue weighted by Crippen LogP contribution is -2.30. The highest BCUT2D eigenvalue weighted by atomic mass is 31.2. The molecule has 0 heterocycles. The summed E-state index contributed by atoms with van der Waals surface area (Å²) in [7, 11) is -9.91. The number of aliphatic hydroxyl groups is 1. The zero-order chi connectivity index (χ0) is 70.9. The first-order valence-corrected chi connectivity index (χ1v) is 42.9. The second-order valence-electron chi connectivity index (χ2n) is 28.9. The number of phosphoric ester groups is 2. The molecule has 0 aromatic rings. The molecule has 6 atom stereocenters. The summed E-state index contributed by atoms with van der Waals surface area (Å²) < 4.78 is 68.6. The quantitative estimate of drug-likeness (QED) is 0.0222. The number of aliphatic hydroxyl groups excluding tert-OH is 1. The van der Waals surface area contributed by atoms with E-state index in [0.717, 1.165) is 108 Å². The maximum absolute atomic E-state index is 13.1. The van der Waals surface area contributed by atoms with Gasteiger partial charge in [0.15, 0.2) is 12.2 Å².